The van der Waals surface area contributed by atoms with Gasteiger partial charge in [-0.1, -0.05) is 12.1 Å². The minimum absolute atomic E-state index is 0.0426. The predicted octanol–water partition coefficient (Wildman–Crippen LogP) is 2.40. The van der Waals surface area contributed by atoms with E-state index in [1.807, 2.05) is 6.92 Å². The van der Waals surface area contributed by atoms with Crippen molar-refractivity contribution in [3.05, 3.63) is 53.1 Å². The molecule has 3 rings (SSSR count). The van der Waals surface area contributed by atoms with Crippen LogP contribution in [-0.2, 0) is 11.2 Å². The number of benzene rings is 1. The molecule has 0 bridgehead atoms. The Morgan fingerprint density at radius 1 is 1.40 bits per heavy atom. The fourth-order valence-electron chi connectivity index (χ4n) is 3.35. The van der Waals surface area contributed by atoms with Crippen LogP contribution < -0.4 is 5.32 Å². The van der Waals surface area contributed by atoms with E-state index in [2.05, 4.69) is 26.5 Å². The van der Waals surface area contributed by atoms with Gasteiger partial charge in [0, 0.05) is 24.7 Å². The maximum atomic E-state index is 12.9. The lowest BCUT2D eigenvalue weighted by molar-refractivity contribution is -0.122. The third-order valence-corrected chi connectivity index (χ3v) is 4.67. The number of amides is 1. The lowest BCUT2D eigenvalue weighted by atomic mass is 9.94. The quantitative estimate of drug-likeness (QED) is 0.846. The summed E-state index contributed by atoms with van der Waals surface area (Å²) in [6, 6.07) is 8.49. The van der Waals surface area contributed by atoms with Gasteiger partial charge in [-0.15, -0.1) is 0 Å². The summed E-state index contributed by atoms with van der Waals surface area (Å²) in [5.74, 6) is 0.200. The van der Waals surface area contributed by atoms with Gasteiger partial charge >= 0.3 is 0 Å². The maximum absolute atomic E-state index is 12.9. The minimum atomic E-state index is -0.237. The molecule has 1 aromatic heterocycles. The molecule has 1 aliphatic heterocycles. The zero-order valence-corrected chi connectivity index (χ0v) is 14.6. The first-order valence-electron chi connectivity index (χ1n) is 8.85. The molecule has 1 aromatic carbocycles. The summed E-state index contributed by atoms with van der Waals surface area (Å²) < 4.78 is 12.9. The summed E-state index contributed by atoms with van der Waals surface area (Å²) in [6.07, 6.45) is 2.91. The Balaban J connectivity index is 1.42. The van der Waals surface area contributed by atoms with Crippen molar-refractivity contribution in [3.63, 3.8) is 0 Å². The van der Waals surface area contributed by atoms with E-state index in [-0.39, 0.29) is 11.7 Å². The van der Waals surface area contributed by atoms with Gasteiger partial charge in [0.1, 0.15) is 5.82 Å². The van der Waals surface area contributed by atoms with Gasteiger partial charge in [0.25, 0.3) is 0 Å². The standard InChI is InChI=1S/C19H25FN4O/c1-14-11-18(23-22-14)16-3-2-10-24(12-16)13-19(25)21-9-8-15-4-6-17(20)7-5-15/h4-7,11,16H,2-3,8-10,12-13H2,1H3,(H,21,25)(H,22,23)/t16-/m1/s1. The number of rotatable bonds is 6. The first kappa shape index (κ1) is 17.6. The smallest absolute Gasteiger partial charge is 0.234 e. The molecule has 1 atom stereocenters. The third kappa shape index (κ3) is 5.13. The molecule has 0 saturated carbocycles. The topological polar surface area (TPSA) is 61.0 Å². The number of piperidine rings is 1. The van der Waals surface area contributed by atoms with Crippen LogP contribution in [-0.4, -0.2) is 47.2 Å². The lowest BCUT2D eigenvalue weighted by Gasteiger charge is -2.31. The Hall–Kier alpha value is -2.21. The molecular formula is C19H25FN4O. The number of carbonyl (C=O) groups excluding carboxylic acids is 1. The van der Waals surface area contributed by atoms with Crippen molar-refractivity contribution in [2.75, 3.05) is 26.2 Å². The predicted molar refractivity (Wildman–Crippen MR) is 94.9 cm³/mol. The highest BCUT2D eigenvalue weighted by molar-refractivity contribution is 5.78. The summed E-state index contributed by atoms with van der Waals surface area (Å²) in [4.78, 5) is 14.4. The van der Waals surface area contributed by atoms with Crippen LogP contribution in [0.15, 0.2) is 30.3 Å². The number of carbonyl (C=O) groups is 1. The van der Waals surface area contributed by atoms with Gasteiger partial charge in [-0.2, -0.15) is 5.10 Å². The number of aryl methyl sites for hydroxylation is 1. The van der Waals surface area contributed by atoms with Crippen LogP contribution in [0.25, 0.3) is 0 Å². The Morgan fingerprint density at radius 2 is 2.20 bits per heavy atom. The largest absolute Gasteiger partial charge is 0.355 e. The molecule has 2 aromatic rings. The van der Waals surface area contributed by atoms with Crippen molar-refractivity contribution < 1.29 is 9.18 Å². The van der Waals surface area contributed by atoms with Gasteiger partial charge in [0.15, 0.2) is 0 Å². The highest BCUT2D eigenvalue weighted by Gasteiger charge is 2.24. The molecular weight excluding hydrogens is 319 g/mol. The van der Waals surface area contributed by atoms with Crippen LogP contribution in [0.1, 0.15) is 35.7 Å². The summed E-state index contributed by atoms with van der Waals surface area (Å²) >= 11 is 0. The summed E-state index contributed by atoms with van der Waals surface area (Å²) in [5.41, 5.74) is 3.19. The molecule has 0 aliphatic carbocycles. The summed E-state index contributed by atoms with van der Waals surface area (Å²) in [6.45, 7) is 4.82. The van der Waals surface area contributed by atoms with Crippen LogP contribution in [0, 0.1) is 12.7 Å². The van der Waals surface area contributed by atoms with Gasteiger partial charge < -0.3 is 5.32 Å². The lowest BCUT2D eigenvalue weighted by Crippen LogP contribution is -2.42. The molecule has 2 heterocycles. The molecule has 25 heavy (non-hydrogen) atoms. The van der Waals surface area contributed by atoms with Gasteiger partial charge in [-0.25, -0.2) is 4.39 Å². The first-order chi connectivity index (χ1) is 12.1. The molecule has 134 valence electrons. The van der Waals surface area contributed by atoms with Gasteiger partial charge in [-0.3, -0.25) is 14.8 Å². The van der Waals surface area contributed by atoms with E-state index in [0.29, 0.717) is 25.4 Å². The summed E-state index contributed by atoms with van der Waals surface area (Å²) in [5, 5.41) is 10.3. The number of hydrogen-bond donors (Lipinski definition) is 2. The van der Waals surface area contributed by atoms with E-state index in [1.165, 1.54) is 12.1 Å². The van der Waals surface area contributed by atoms with Crippen LogP contribution in [0.5, 0.6) is 0 Å². The van der Waals surface area contributed by atoms with Crippen molar-refractivity contribution in [1.29, 1.82) is 0 Å². The second-order valence-electron chi connectivity index (χ2n) is 6.78. The zero-order valence-electron chi connectivity index (χ0n) is 14.6. The zero-order chi connectivity index (χ0) is 17.6. The second kappa shape index (κ2) is 8.25. The molecule has 1 fully saturated rings. The highest BCUT2D eigenvalue weighted by Crippen LogP contribution is 2.25. The van der Waals surface area contributed by atoms with Crippen LogP contribution in [0.2, 0.25) is 0 Å². The number of halogens is 1. The van der Waals surface area contributed by atoms with Crippen molar-refractivity contribution in [2.45, 2.75) is 32.1 Å². The SMILES string of the molecule is Cc1cc([C@@H]2CCCN(CC(=O)NCCc3ccc(F)cc3)C2)n[nH]1. The first-order valence-corrected chi connectivity index (χ1v) is 8.85. The van der Waals surface area contributed by atoms with Crippen molar-refractivity contribution in [2.24, 2.45) is 0 Å². The number of hydrogen-bond acceptors (Lipinski definition) is 3. The molecule has 5 nitrogen and oxygen atoms in total. The number of likely N-dealkylation sites (tertiary alicyclic amines) is 1. The van der Waals surface area contributed by atoms with Crippen LogP contribution in [0.4, 0.5) is 4.39 Å². The monoisotopic (exact) mass is 344 g/mol. The van der Waals surface area contributed by atoms with Crippen molar-refractivity contribution in [3.8, 4) is 0 Å². The molecule has 6 heteroatoms. The van der Waals surface area contributed by atoms with Gasteiger partial charge in [0.05, 0.1) is 12.2 Å². The molecule has 0 radical (unpaired) electrons. The Kier molecular flexibility index (Phi) is 5.81. The number of aromatic nitrogens is 2. The van der Waals surface area contributed by atoms with Gasteiger partial charge in [0.2, 0.25) is 5.91 Å². The normalized spacial score (nSPS) is 18.2. The van der Waals surface area contributed by atoms with E-state index in [9.17, 15) is 9.18 Å². The number of nitrogens with one attached hydrogen (secondary N) is 2. The molecule has 0 unspecified atom stereocenters. The van der Waals surface area contributed by atoms with Crippen molar-refractivity contribution in [1.82, 2.24) is 20.4 Å². The Morgan fingerprint density at radius 3 is 2.92 bits per heavy atom. The summed E-state index contributed by atoms with van der Waals surface area (Å²) in [7, 11) is 0. The number of aromatic amines is 1. The average molecular weight is 344 g/mol. The molecule has 0 spiro atoms. The highest BCUT2D eigenvalue weighted by atomic mass is 19.1. The molecule has 2 N–H and O–H groups in total. The minimum Gasteiger partial charge on any atom is -0.355 e. The van der Waals surface area contributed by atoms with E-state index in [4.69, 9.17) is 0 Å². The third-order valence-electron chi connectivity index (χ3n) is 4.67. The molecule has 1 aliphatic rings. The maximum Gasteiger partial charge on any atom is 0.234 e. The van der Waals surface area contributed by atoms with Crippen LogP contribution in [0.3, 0.4) is 0 Å². The van der Waals surface area contributed by atoms with E-state index in [1.54, 1.807) is 12.1 Å². The fourth-order valence-corrected chi connectivity index (χ4v) is 3.35. The Bertz CT molecular complexity index is 698. The van der Waals surface area contributed by atoms with Gasteiger partial charge in [-0.05, 0) is 56.5 Å². The molecule has 1 saturated heterocycles. The van der Waals surface area contributed by atoms with E-state index < -0.39 is 0 Å². The number of H-pyrrole nitrogens is 1. The Labute approximate surface area is 147 Å². The van der Waals surface area contributed by atoms with E-state index >= 15 is 0 Å². The fraction of sp³-hybridized carbons (Fsp3) is 0.474. The number of nitrogens with zero attached hydrogens (tertiary/aromatic N) is 2. The van der Waals surface area contributed by atoms with E-state index in [0.717, 1.165) is 42.9 Å². The second-order valence-corrected chi connectivity index (χ2v) is 6.78. The average Bonchev–Trinajstić information content (AvgIpc) is 3.03. The molecule has 1 amide bonds. The van der Waals surface area contributed by atoms with Crippen LogP contribution >= 0.6 is 0 Å². The van der Waals surface area contributed by atoms with Crippen molar-refractivity contribution >= 4 is 5.91 Å².